The Kier molecular flexibility index (Phi) is 3.56. The van der Waals surface area contributed by atoms with Crippen LogP contribution >= 0.6 is 22.6 Å². The van der Waals surface area contributed by atoms with Crippen LogP contribution in [0.4, 0.5) is 5.69 Å². The lowest BCUT2D eigenvalue weighted by Crippen LogP contribution is -2.29. The van der Waals surface area contributed by atoms with Crippen LogP contribution in [0.15, 0.2) is 18.2 Å². The van der Waals surface area contributed by atoms with Gasteiger partial charge in [-0.3, -0.25) is 14.9 Å². The maximum atomic E-state index is 12.0. The molecule has 1 fully saturated rings. The monoisotopic (exact) mass is 360 g/mol. The van der Waals surface area contributed by atoms with Crippen molar-refractivity contribution in [1.82, 2.24) is 5.32 Å². The van der Waals surface area contributed by atoms with Crippen LogP contribution in [0.1, 0.15) is 30.1 Å². The van der Waals surface area contributed by atoms with Gasteiger partial charge in [-0.1, -0.05) is 6.92 Å². The van der Waals surface area contributed by atoms with Gasteiger partial charge in [-0.25, -0.2) is 0 Å². The molecule has 1 aromatic carbocycles. The molecular formula is C12H13IN2O3. The first-order chi connectivity index (χ1) is 8.41. The van der Waals surface area contributed by atoms with Crippen LogP contribution in [0.25, 0.3) is 0 Å². The minimum Gasteiger partial charge on any atom is -0.351 e. The lowest BCUT2D eigenvalue weighted by atomic mass is 10.1. The molecular weight excluding hydrogens is 347 g/mol. The van der Waals surface area contributed by atoms with Gasteiger partial charge in [-0.2, -0.15) is 0 Å². The van der Waals surface area contributed by atoms with Crippen molar-refractivity contribution in [1.29, 1.82) is 0 Å². The molecule has 0 unspecified atom stereocenters. The molecule has 1 N–H and O–H groups in total. The molecule has 1 aliphatic carbocycles. The average Bonchev–Trinajstić information content (AvgIpc) is 3.05. The molecule has 0 radical (unpaired) electrons. The molecule has 5 nitrogen and oxygen atoms in total. The molecule has 96 valence electrons. The van der Waals surface area contributed by atoms with Crippen LogP contribution in [-0.2, 0) is 0 Å². The number of halogens is 1. The quantitative estimate of drug-likeness (QED) is 0.510. The van der Waals surface area contributed by atoms with E-state index in [0.29, 0.717) is 12.1 Å². The fourth-order valence-electron chi connectivity index (χ4n) is 1.58. The SMILES string of the molecule is CC1(CNC(=O)c2cc([N+](=O)[O-])ccc2I)CC1. The van der Waals surface area contributed by atoms with Gasteiger partial charge in [0.15, 0.2) is 0 Å². The second kappa shape index (κ2) is 4.83. The summed E-state index contributed by atoms with van der Waals surface area (Å²) in [6, 6.07) is 4.32. The Morgan fingerprint density at radius 3 is 2.78 bits per heavy atom. The molecule has 0 spiro atoms. The Morgan fingerprint density at radius 2 is 2.22 bits per heavy atom. The van der Waals surface area contributed by atoms with E-state index in [-0.39, 0.29) is 17.0 Å². The van der Waals surface area contributed by atoms with E-state index < -0.39 is 4.92 Å². The lowest BCUT2D eigenvalue weighted by Gasteiger charge is -2.10. The molecule has 0 bridgehead atoms. The Hall–Kier alpha value is -1.18. The highest BCUT2D eigenvalue weighted by Crippen LogP contribution is 2.44. The van der Waals surface area contributed by atoms with Gasteiger partial charge in [-0.15, -0.1) is 0 Å². The van der Waals surface area contributed by atoms with E-state index in [4.69, 9.17) is 0 Å². The van der Waals surface area contributed by atoms with Crippen LogP contribution in [0, 0.1) is 19.1 Å². The summed E-state index contributed by atoms with van der Waals surface area (Å²) in [7, 11) is 0. The van der Waals surface area contributed by atoms with Gasteiger partial charge >= 0.3 is 0 Å². The van der Waals surface area contributed by atoms with Crippen LogP contribution in [-0.4, -0.2) is 17.4 Å². The molecule has 2 rings (SSSR count). The summed E-state index contributed by atoms with van der Waals surface area (Å²) in [4.78, 5) is 22.2. The van der Waals surface area contributed by atoms with Crippen molar-refractivity contribution in [3.63, 3.8) is 0 Å². The fraction of sp³-hybridized carbons (Fsp3) is 0.417. The third-order valence-electron chi connectivity index (χ3n) is 3.18. The zero-order valence-corrected chi connectivity index (χ0v) is 12.1. The number of nitrogens with one attached hydrogen (secondary N) is 1. The first-order valence-electron chi connectivity index (χ1n) is 5.63. The van der Waals surface area contributed by atoms with Crippen molar-refractivity contribution in [3.8, 4) is 0 Å². The minimum atomic E-state index is -0.491. The summed E-state index contributed by atoms with van der Waals surface area (Å²) in [6.45, 7) is 2.75. The van der Waals surface area contributed by atoms with Crippen LogP contribution < -0.4 is 5.32 Å². The van der Waals surface area contributed by atoms with Crippen LogP contribution in [0.3, 0.4) is 0 Å². The van der Waals surface area contributed by atoms with Gasteiger partial charge in [0.2, 0.25) is 0 Å². The standard InChI is InChI=1S/C12H13IN2O3/c1-12(4-5-12)7-14-11(16)9-6-8(15(17)18)2-3-10(9)13/h2-3,6H,4-5,7H2,1H3,(H,14,16). The smallest absolute Gasteiger partial charge is 0.270 e. The third kappa shape index (κ3) is 2.98. The molecule has 0 heterocycles. The summed E-state index contributed by atoms with van der Waals surface area (Å²) in [5.74, 6) is -0.240. The summed E-state index contributed by atoms with van der Waals surface area (Å²) in [6.07, 6.45) is 2.25. The first kappa shape index (κ1) is 13.3. The van der Waals surface area contributed by atoms with Crippen molar-refractivity contribution in [2.24, 2.45) is 5.41 Å². The second-order valence-corrected chi connectivity index (χ2v) is 6.08. The van der Waals surface area contributed by atoms with Gasteiger partial charge in [0.05, 0.1) is 10.5 Å². The highest BCUT2D eigenvalue weighted by molar-refractivity contribution is 14.1. The molecule has 1 saturated carbocycles. The Bertz CT molecular complexity index is 512. The summed E-state index contributed by atoms with van der Waals surface area (Å²) >= 11 is 2.01. The van der Waals surface area contributed by atoms with Crippen LogP contribution in [0.2, 0.25) is 0 Å². The summed E-state index contributed by atoms with van der Waals surface area (Å²) < 4.78 is 0.719. The maximum Gasteiger partial charge on any atom is 0.270 e. The normalized spacial score (nSPS) is 16.1. The van der Waals surface area contributed by atoms with Gasteiger partial charge in [0.1, 0.15) is 0 Å². The number of hydrogen-bond donors (Lipinski definition) is 1. The topological polar surface area (TPSA) is 72.2 Å². The number of hydrogen-bond acceptors (Lipinski definition) is 3. The van der Waals surface area contributed by atoms with Gasteiger partial charge in [0.25, 0.3) is 11.6 Å². The number of nitro groups is 1. The predicted molar refractivity (Wildman–Crippen MR) is 75.5 cm³/mol. The molecule has 18 heavy (non-hydrogen) atoms. The molecule has 1 amide bonds. The van der Waals surface area contributed by atoms with Crippen molar-refractivity contribution in [2.45, 2.75) is 19.8 Å². The predicted octanol–water partition coefficient (Wildman–Crippen LogP) is 2.73. The van der Waals surface area contributed by atoms with E-state index >= 15 is 0 Å². The van der Waals surface area contributed by atoms with Crippen molar-refractivity contribution >= 4 is 34.2 Å². The zero-order chi connectivity index (χ0) is 13.3. The molecule has 0 aromatic heterocycles. The molecule has 0 atom stereocenters. The second-order valence-electron chi connectivity index (χ2n) is 4.91. The summed E-state index contributed by atoms with van der Waals surface area (Å²) in [5.41, 5.74) is 0.536. The maximum absolute atomic E-state index is 12.0. The molecule has 1 aromatic rings. The molecule has 1 aliphatic rings. The van der Waals surface area contributed by atoms with E-state index in [1.807, 2.05) is 22.6 Å². The number of nitro benzene ring substituents is 1. The molecule has 0 aliphatic heterocycles. The molecule has 0 saturated heterocycles. The Morgan fingerprint density at radius 1 is 1.56 bits per heavy atom. The zero-order valence-electron chi connectivity index (χ0n) is 9.90. The number of benzene rings is 1. The fourth-order valence-corrected chi connectivity index (χ4v) is 2.16. The number of carbonyl (C=O) groups is 1. The average molecular weight is 360 g/mol. The highest BCUT2D eigenvalue weighted by atomic mass is 127. The number of non-ortho nitro benzene ring substituents is 1. The van der Waals surface area contributed by atoms with E-state index in [0.717, 1.165) is 16.4 Å². The van der Waals surface area contributed by atoms with Crippen LogP contribution in [0.5, 0.6) is 0 Å². The van der Waals surface area contributed by atoms with E-state index in [1.54, 1.807) is 6.07 Å². The first-order valence-corrected chi connectivity index (χ1v) is 6.71. The van der Waals surface area contributed by atoms with Crippen molar-refractivity contribution in [3.05, 3.63) is 37.4 Å². The van der Waals surface area contributed by atoms with E-state index in [1.165, 1.54) is 12.1 Å². The number of amides is 1. The third-order valence-corrected chi connectivity index (χ3v) is 4.13. The van der Waals surface area contributed by atoms with Gasteiger partial charge < -0.3 is 5.32 Å². The van der Waals surface area contributed by atoms with E-state index in [9.17, 15) is 14.9 Å². The van der Waals surface area contributed by atoms with E-state index in [2.05, 4.69) is 12.2 Å². The molecule has 6 heteroatoms. The number of nitrogens with zero attached hydrogens (tertiary/aromatic N) is 1. The largest absolute Gasteiger partial charge is 0.351 e. The Labute approximate surface area is 118 Å². The lowest BCUT2D eigenvalue weighted by molar-refractivity contribution is -0.384. The number of rotatable bonds is 4. The minimum absolute atomic E-state index is 0.0572. The van der Waals surface area contributed by atoms with Gasteiger partial charge in [-0.05, 0) is 46.9 Å². The number of carbonyl (C=O) groups excluding carboxylic acids is 1. The van der Waals surface area contributed by atoms with Crippen molar-refractivity contribution < 1.29 is 9.72 Å². The van der Waals surface area contributed by atoms with Crippen molar-refractivity contribution in [2.75, 3.05) is 6.54 Å². The van der Waals surface area contributed by atoms with Gasteiger partial charge in [0, 0.05) is 22.2 Å². The summed E-state index contributed by atoms with van der Waals surface area (Å²) in [5, 5.41) is 13.5. The highest BCUT2D eigenvalue weighted by Gasteiger charge is 2.37. The Balaban J connectivity index is 2.13.